The zero-order chi connectivity index (χ0) is 12.3. The van der Waals surface area contributed by atoms with Crippen LogP contribution in [0.4, 0.5) is 5.69 Å². The van der Waals surface area contributed by atoms with Crippen molar-refractivity contribution in [2.45, 2.75) is 45.2 Å². The molecule has 1 heterocycles. The molecule has 0 saturated carbocycles. The van der Waals surface area contributed by atoms with Gasteiger partial charge in [-0.3, -0.25) is 0 Å². The fraction of sp³-hybridized carbons (Fsp3) is 0.500. The van der Waals surface area contributed by atoms with Gasteiger partial charge in [0.1, 0.15) is 0 Å². The van der Waals surface area contributed by atoms with E-state index in [1.165, 1.54) is 19.3 Å². The van der Waals surface area contributed by atoms with Gasteiger partial charge in [-0.05, 0) is 45.2 Å². The van der Waals surface area contributed by atoms with Crippen LogP contribution in [0, 0.1) is 0 Å². The number of likely N-dealkylation sites (tertiary alicyclic amines) is 1. The quantitative estimate of drug-likeness (QED) is 0.596. The van der Waals surface area contributed by atoms with Crippen molar-refractivity contribution in [2.75, 3.05) is 0 Å². The summed E-state index contributed by atoms with van der Waals surface area (Å²) in [6.45, 7) is 4.45. The van der Waals surface area contributed by atoms with Gasteiger partial charge in [0.05, 0.1) is 5.69 Å². The molecule has 1 aromatic carbocycles. The van der Waals surface area contributed by atoms with Gasteiger partial charge < -0.3 is 10.6 Å². The van der Waals surface area contributed by atoms with E-state index in [1.807, 2.05) is 30.3 Å². The molecule has 2 atom stereocenters. The summed E-state index contributed by atoms with van der Waals surface area (Å²) in [6, 6.07) is 10.9. The predicted molar refractivity (Wildman–Crippen MR) is 72.3 cm³/mol. The van der Waals surface area contributed by atoms with Crippen LogP contribution < -0.4 is 5.73 Å². The first-order valence-electron chi connectivity index (χ1n) is 6.36. The molecule has 0 amide bonds. The van der Waals surface area contributed by atoms with Crippen LogP contribution in [0.3, 0.4) is 0 Å². The fourth-order valence-electron chi connectivity index (χ4n) is 2.57. The van der Waals surface area contributed by atoms with Crippen molar-refractivity contribution in [3.63, 3.8) is 0 Å². The third-order valence-corrected chi connectivity index (χ3v) is 3.46. The molecule has 0 aliphatic carbocycles. The molecule has 1 saturated heterocycles. The summed E-state index contributed by atoms with van der Waals surface area (Å²) in [5.41, 5.74) is 7.06. The average molecular weight is 231 g/mol. The number of guanidine groups is 1. The maximum absolute atomic E-state index is 6.14. The normalized spacial score (nSPS) is 26.0. The van der Waals surface area contributed by atoms with Gasteiger partial charge in [-0.2, -0.15) is 0 Å². The Morgan fingerprint density at radius 1 is 1.18 bits per heavy atom. The number of rotatable bonds is 1. The number of benzene rings is 1. The van der Waals surface area contributed by atoms with Crippen LogP contribution in [0.25, 0.3) is 0 Å². The van der Waals surface area contributed by atoms with Crippen molar-refractivity contribution in [2.24, 2.45) is 10.7 Å². The standard InChI is InChI=1S/C14H21N3/c1-11-7-6-8-12(2)17(11)14(15)16-13-9-4-3-5-10-13/h3-5,9-12H,6-8H2,1-2H3,(H2,15,16). The first-order valence-corrected chi connectivity index (χ1v) is 6.36. The molecule has 3 heteroatoms. The predicted octanol–water partition coefficient (Wildman–Crippen LogP) is 2.90. The zero-order valence-corrected chi connectivity index (χ0v) is 10.6. The van der Waals surface area contributed by atoms with E-state index in [-0.39, 0.29) is 0 Å². The molecule has 3 nitrogen and oxygen atoms in total. The largest absolute Gasteiger partial charge is 0.369 e. The average Bonchev–Trinajstić information content (AvgIpc) is 2.30. The van der Waals surface area contributed by atoms with Crippen molar-refractivity contribution in [3.05, 3.63) is 30.3 Å². The lowest BCUT2D eigenvalue weighted by atomic mass is 9.98. The van der Waals surface area contributed by atoms with Gasteiger partial charge >= 0.3 is 0 Å². The minimum Gasteiger partial charge on any atom is -0.369 e. The second kappa shape index (κ2) is 5.21. The number of aliphatic imine (C=N–C) groups is 1. The van der Waals surface area contributed by atoms with Crippen molar-refractivity contribution in [1.29, 1.82) is 0 Å². The molecule has 0 aromatic heterocycles. The SMILES string of the molecule is CC1CCCC(C)N1C(N)=Nc1ccccc1. The maximum atomic E-state index is 6.14. The van der Waals surface area contributed by atoms with Gasteiger partial charge in [-0.1, -0.05) is 18.2 Å². The van der Waals surface area contributed by atoms with Gasteiger partial charge in [-0.25, -0.2) is 4.99 Å². The Kier molecular flexibility index (Phi) is 3.67. The van der Waals surface area contributed by atoms with Crippen molar-refractivity contribution >= 4 is 11.6 Å². The summed E-state index contributed by atoms with van der Waals surface area (Å²) in [5, 5.41) is 0. The molecule has 2 rings (SSSR count). The van der Waals surface area contributed by atoms with E-state index < -0.39 is 0 Å². The third-order valence-electron chi connectivity index (χ3n) is 3.46. The van der Waals surface area contributed by atoms with Crippen LogP contribution in [0.5, 0.6) is 0 Å². The summed E-state index contributed by atoms with van der Waals surface area (Å²) in [4.78, 5) is 6.75. The van der Waals surface area contributed by atoms with E-state index >= 15 is 0 Å². The highest BCUT2D eigenvalue weighted by molar-refractivity contribution is 5.81. The summed E-state index contributed by atoms with van der Waals surface area (Å²) in [5.74, 6) is 0.649. The molecule has 2 N–H and O–H groups in total. The van der Waals surface area contributed by atoms with Crippen LogP contribution in [0.2, 0.25) is 0 Å². The van der Waals surface area contributed by atoms with Crippen LogP contribution >= 0.6 is 0 Å². The Balaban J connectivity index is 2.18. The molecular weight excluding hydrogens is 210 g/mol. The minimum atomic E-state index is 0.492. The van der Waals surface area contributed by atoms with E-state index in [4.69, 9.17) is 5.73 Å². The van der Waals surface area contributed by atoms with Crippen LogP contribution in [0.1, 0.15) is 33.1 Å². The van der Waals surface area contributed by atoms with Gasteiger partial charge in [0.25, 0.3) is 0 Å². The summed E-state index contributed by atoms with van der Waals surface area (Å²) < 4.78 is 0. The molecule has 92 valence electrons. The van der Waals surface area contributed by atoms with Crippen LogP contribution in [-0.4, -0.2) is 22.9 Å². The monoisotopic (exact) mass is 231 g/mol. The highest BCUT2D eigenvalue weighted by atomic mass is 15.3. The van der Waals surface area contributed by atoms with E-state index in [1.54, 1.807) is 0 Å². The van der Waals surface area contributed by atoms with Gasteiger partial charge in [0, 0.05) is 12.1 Å². The van der Waals surface area contributed by atoms with Gasteiger partial charge in [0.2, 0.25) is 0 Å². The second-order valence-electron chi connectivity index (χ2n) is 4.84. The Morgan fingerprint density at radius 3 is 2.35 bits per heavy atom. The Morgan fingerprint density at radius 2 is 1.76 bits per heavy atom. The van der Waals surface area contributed by atoms with Crippen LogP contribution in [-0.2, 0) is 0 Å². The molecule has 0 bridgehead atoms. The lowest BCUT2D eigenvalue weighted by molar-refractivity contribution is 0.189. The summed E-state index contributed by atoms with van der Waals surface area (Å²) in [6.07, 6.45) is 3.70. The number of para-hydroxylation sites is 1. The Labute approximate surface area is 103 Å². The Bertz CT molecular complexity index is 376. The maximum Gasteiger partial charge on any atom is 0.196 e. The summed E-state index contributed by atoms with van der Waals surface area (Å²) in [7, 11) is 0. The van der Waals surface area contributed by atoms with Crippen molar-refractivity contribution < 1.29 is 0 Å². The second-order valence-corrected chi connectivity index (χ2v) is 4.84. The highest BCUT2D eigenvalue weighted by Crippen LogP contribution is 2.23. The molecule has 1 aromatic rings. The molecule has 1 fully saturated rings. The summed E-state index contributed by atoms with van der Waals surface area (Å²) >= 11 is 0. The van der Waals surface area contributed by atoms with E-state index in [0.717, 1.165) is 5.69 Å². The van der Waals surface area contributed by atoms with Crippen LogP contribution in [0.15, 0.2) is 35.3 Å². The lowest BCUT2D eigenvalue weighted by Gasteiger charge is -2.39. The molecular formula is C14H21N3. The van der Waals surface area contributed by atoms with E-state index in [9.17, 15) is 0 Å². The lowest BCUT2D eigenvalue weighted by Crippen LogP contribution is -2.50. The van der Waals surface area contributed by atoms with Gasteiger partial charge in [-0.15, -0.1) is 0 Å². The smallest absolute Gasteiger partial charge is 0.196 e. The first kappa shape index (κ1) is 12.0. The van der Waals surface area contributed by atoms with Crippen molar-refractivity contribution in [1.82, 2.24) is 4.90 Å². The number of hydrogen-bond donors (Lipinski definition) is 1. The molecule has 1 aliphatic rings. The number of nitrogens with zero attached hydrogens (tertiary/aromatic N) is 2. The molecule has 0 radical (unpaired) electrons. The van der Waals surface area contributed by atoms with Gasteiger partial charge in [0.15, 0.2) is 5.96 Å². The van der Waals surface area contributed by atoms with E-state index in [0.29, 0.717) is 18.0 Å². The highest BCUT2D eigenvalue weighted by Gasteiger charge is 2.25. The minimum absolute atomic E-state index is 0.492. The molecule has 2 unspecified atom stereocenters. The van der Waals surface area contributed by atoms with E-state index in [2.05, 4.69) is 23.7 Å². The third kappa shape index (κ3) is 2.78. The first-order chi connectivity index (χ1) is 8.18. The molecule has 1 aliphatic heterocycles. The fourth-order valence-corrected chi connectivity index (χ4v) is 2.57. The molecule has 0 spiro atoms. The van der Waals surface area contributed by atoms with Crippen molar-refractivity contribution in [3.8, 4) is 0 Å². The number of nitrogens with two attached hydrogens (primary N) is 1. The Hall–Kier alpha value is -1.51. The number of piperidine rings is 1. The zero-order valence-electron chi connectivity index (χ0n) is 10.6. The topological polar surface area (TPSA) is 41.6 Å². The molecule has 17 heavy (non-hydrogen) atoms. The number of hydrogen-bond acceptors (Lipinski definition) is 1.